The van der Waals surface area contributed by atoms with Gasteiger partial charge in [0.25, 0.3) is 0 Å². The van der Waals surface area contributed by atoms with Crippen molar-refractivity contribution < 1.29 is 0 Å². The minimum absolute atomic E-state index is 0.637. The molecule has 59 heavy (non-hydrogen) atoms. The quantitative estimate of drug-likeness (QED) is 0.162. The van der Waals surface area contributed by atoms with E-state index in [0.717, 1.165) is 33.0 Å². The molecule has 0 N–H and O–H groups in total. The smallest absolute Gasteiger partial charge is 0.164 e. The molecule has 0 saturated carbocycles. The lowest BCUT2D eigenvalue weighted by molar-refractivity contribution is 1.08. The second kappa shape index (κ2) is 14.8. The van der Waals surface area contributed by atoms with Crippen molar-refractivity contribution in [1.82, 2.24) is 15.0 Å². The Kier molecular flexibility index (Phi) is 8.68. The largest absolute Gasteiger partial charge is 0.208 e. The molecular weight excluding hydrogens is 735 g/mol. The van der Waals surface area contributed by atoms with Crippen molar-refractivity contribution in [2.24, 2.45) is 0 Å². The molecular formula is C55H35N3S. The van der Waals surface area contributed by atoms with Gasteiger partial charge in [-0.15, -0.1) is 11.3 Å². The number of nitrogens with zero attached hydrogens (tertiary/aromatic N) is 3. The Morgan fingerprint density at radius 2 is 0.746 bits per heavy atom. The molecule has 9 aromatic carbocycles. The first kappa shape index (κ1) is 34.7. The number of benzene rings is 9. The Bertz CT molecular complexity index is 3280. The number of hydrogen-bond donors (Lipinski definition) is 0. The Balaban J connectivity index is 1.06. The summed E-state index contributed by atoms with van der Waals surface area (Å²) in [4.78, 5) is 15.7. The predicted octanol–water partition coefficient (Wildman–Crippen LogP) is 15.1. The minimum atomic E-state index is 0.637. The van der Waals surface area contributed by atoms with Crippen molar-refractivity contribution in [3.05, 3.63) is 212 Å². The molecule has 0 radical (unpaired) electrons. The fourth-order valence-electron chi connectivity index (χ4n) is 8.13. The zero-order valence-corrected chi connectivity index (χ0v) is 32.8. The van der Waals surface area contributed by atoms with E-state index in [2.05, 4.69) is 206 Å². The van der Waals surface area contributed by atoms with Gasteiger partial charge in [-0.05, 0) is 73.5 Å². The monoisotopic (exact) mass is 769 g/mol. The van der Waals surface area contributed by atoms with Gasteiger partial charge in [-0.2, -0.15) is 0 Å². The molecule has 11 rings (SSSR count). The number of thiophene rings is 1. The minimum Gasteiger partial charge on any atom is -0.208 e. The highest BCUT2D eigenvalue weighted by Crippen LogP contribution is 2.44. The van der Waals surface area contributed by atoms with Crippen LogP contribution in [0.3, 0.4) is 0 Å². The van der Waals surface area contributed by atoms with Crippen molar-refractivity contribution in [2.45, 2.75) is 0 Å². The lowest BCUT2D eigenvalue weighted by Crippen LogP contribution is -2.00. The maximum absolute atomic E-state index is 5.29. The first-order valence-corrected chi connectivity index (χ1v) is 20.7. The molecule has 0 atom stereocenters. The zero-order chi connectivity index (χ0) is 39.1. The van der Waals surface area contributed by atoms with E-state index in [9.17, 15) is 0 Å². The summed E-state index contributed by atoms with van der Waals surface area (Å²) in [7, 11) is 0. The zero-order valence-electron chi connectivity index (χ0n) is 32.0. The molecule has 0 amide bonds. The van der Waals surface area contributed by atoms with Crippen LogP contribution in [-0.2, 0) is 0 Å². The normalized spacial score (nSPS) is 11.4. The SMILES string of the molecule is c1ccc(-c2ccc(-c3nc(-c4ccc5ccc(-c6ccccc6)cc5c4)nc(-c4cccc5sc6c(-c7ccc(-c8ccccc8)cc7)cccc6c45)n3)cc2)cc1. The standard InChI is InChI=1S/C55H35N3S/c1-4-12-36(13-5-1)39-22-28-42(29-23-39)47-18-10-19-48-51-49(20-11-21-50(51)59-52(47)48)55-57-53(43-30-24-40(25-31-43)37-14-6-2-7-15-37)56-54(58-55)45-33-27-41-26-32-44(34-46(41)35-45)38-16-8-3-9-17-38/h1-35H. The molecule has 0 saturated heterocycles. The van der Waals surface area contributed by atoms with Crippen LogP contribution in [-0.4, -0.2) is 15.0 Å². The molecule has 0 aliphatic heterocycles. The second-order valence-corrected chi connectivity index (χ2v) is 15.9. The van der Waals surface area contributed by atoms with Crippen molar-refractivity contribution in [3.63, 3.8) is 0 Å². The average Bonchev–Trinajstić information content (AvgIpc) is 3.71. The maximum atomic E-state index is 5.29. The van der Waals surface area contributed by atoms with Gasteiger partial charge in [-0.3, -0.25) is 0 Å². The highest BCUT2D eigenvalue weighted by molar-refractivity contribution is 7.26. The van der Waals surface area contributed by atoms with Gasteiger partial charge < -0.3 is 0 Å². The Labute approximate surface area is 346 Å². The van der Waals surface area contributed by atoms with E-state index in [0.29, 0.717) is 17.5 Å². The first-order chi connectivity index (χ1) is 29.2. The van der Waals surface area contributed by atoms with E-state index in [4.69, 9.17) is 15.0 Å². The third-order valence-corrected chi connectivity index (χ3v) is 12.4. The molecule has 0 aliphatic rings. The Morgan fingerprint density at radius 1 is 0.288 bits per heavy atom. The number of hydrogen-bond acceptors (Lipinski definition) is 4. The maximum Gasteiger partial charge on any atom is 0.164 e. The van der Waals surface area contributed by atoms with Crippen LogP contribution < -0.4 is 0 Å². The molecule has 2 heterocycles. The van der Waals surface area contributed by atoms with Crippen LogP contribution >= 0.6 is 11.3 Å². The number of fused-ring (bicyclic) bond motifs is 4. The second-order valence-electron chi connectivity index (χ2n) is 14.8. The average molecular weight is 770 g/mol. The Hall–Kier alpha value is -7.53. The van der Waals surface area contributed by atoms with Crippen LogP contribution in [0.1, 0.15) is 0 Å². The van der Waals surface area contributed by atoms with Crippen LogP contribution in [0.15, 0.2) is 212 Å². The molecule has 0 fully saturated rings. The van der Waals surface area contributed by atoms with Gasteiger partial charge in [0.1, 0.15) is 0 Å². The number of aromatic nitrogens is 3. The van der Waals surface area contributed by atoms with Gasteiger partial charge in [0, 0.05) is 36.9 Å². The summed E-state index contributed by atoms with van der Waals surface area (Å²) in [6, 6.07) is 75.2. The molecule has 2 aromatic heterocycles. The summed E-state index contributed by atoms with van der Waals surface area (Å²) in [5.41, 5.74) is 12.4. The van der Waals surface area contributed by atoms with Crippen LogP contribution in [0.2, 0.25) is 0 Å². The molecule has 0 aliphatic carbocycles. The lowest BCUT2D eigenvalue weighted by atomic mass is 9.98. The van der Waals surface area contributed by atoms with E-state index >= 15 is 0 Å². The van der Waals surface area contributed by atoms with Gasteiger partial charge in [-0.25, -0.2) is 15.0 Å². The summed E-state index contributed by atoms with van der Waals surface area (Å²) >= 11 is 1.82. The third-order valence-electron chi connectivity index (χ3n) is 11.2. The number of rotatable bonds is 7. The van der Waals surface area contributed by atoms with Crippen molar-refractivity contribution in [2.75, 3.05) is 0 Å². The van der Waals surface area contributed by atoms with E-state index in [1.54, 1.807) is 0 Å². The summed E-state index contributed by atoms with van der Waals surface area (Å²) in [5.74, 6) is 1.93. The summed E-state index contributed by atoms with van der Waals surface area (Å²) in [6.45, 7) is 0. The molecule has 0 unspecified atom stereocenters. The predicted molar refractivity (Wildman–Crippen MR) is 248 cm³/mol. The van der Waals surface area contributed by atoms with Gasteiger partial charge in [-0.1, -0.05) is 194 Å². The van der Waals surface area contributed by atoms with Crippen molar-refractivity contribution >= 4 is 42.3 Å². The summed E-state index contributed by atoms with van der Waals surface area (Å²) in [6.07, 6.45) is 0. The highest BCUT2D eigenvalue weighted by Gasteiger charge is 2.19. The van der Waals surface area contributed by atoms with Crippen LogP contribution in [0.25, 0.3) is 110 Å². The van der Waals surface area contributed by atoms with Crippen molar-refractivity contribution in [1.29, 1.82) is 0 Å². The van der Waals surface area contributed by atoms with Crippen LogP contribution in [0.4, 0.5) is 0 Å². The van der Waals surface area contributed by atoms with Gasteiger partial charge in [0.05, 0.1) is 0 Å². The molecule has 11 aromatic rings. The fourth-order valence-corrected chi connectivity index (χ4v) is 9.39. The summed E-state index contributed by atoms with van der Waals surface area (Å²) in [5, 5.41) is 4.65. The summed E-state index contributed by atoms with van der Waals surface area (Å²) < 4.78 is 2.44. The van der Waals surface area contributed by atoms with Crippen LogP contribution in [0, 0.1) is 0 Å². The lowest BCUT2D eigenvalue weighted by Gasteiger charge is -2.11. The van der Waals surface area contributed by atoms with Crippen LogP contribution in [0.5, 0.6) is 0 Å². The molecule has 4 heteroatoms. The molecule has 0 spiro atoms. The van der Waals surface area contributed by atoms with E-state index in [1.807, 2.05) is 17.4 Å². The van der Waals surface area contributed by atoms with Gasteiger partial charge >= 0.3 is 0 Å². The van der Waals surface area contributed by atoms with Gasteiger partial charge in [0.15, 0.2) is 17.5 Å². The van der Waals surface area contributed by atoms with E-state index < -0.39 is 0 Å². The third kappa shape index (κ3) is 6.56. The van der Waals surface area contributed by atoms with Gasteiger partial charge in [0.2, 0.25) is 0 Å². The fraction of sp³-hybridized carbons (Fsp3) is 0. The Morgan fingerprint density at radius 3 is 1.39 bits per heavy atom. The topological polar surface area (TPSA) is 38.7 Å². The highest BCUT2D eigenvalue weighted by atomic mass is 32.1. The van der Waals surface area contributed by atoms with E-state index in [1.165, 1.54) is 59.1 Å². The molecule has 0 bridgehead atoms. The van der Waals surface area contributed by atoms with E-state index in [-0.39, 0.29) is 0 Å². The van der Waals surface area contributed by atoms with Crippen molar-refractivity contribution in [3.8, 4) is 78.7 Å². The molecule has 276 valence electrons. The molecule has 3 nitrogen and oxygen atoms in total. The first-order valence-electron chi connectivity index (χ1n) is 19.8.